The first-order chi connectivity index (χ1) is 5.15. The van der Waals surface area contributed by atoms with Crippen LogP contribution in [0.3, 0.4) is 0 Å². The summed E-state index contributed by atoms with van der Waals surface area (Å²) in [5.41, 5.74) is 5.66. The third-order valence-electron chi connectivity index (χ3n) is 2.83. The minimum absolute atomic E-state index is 0.689. The molecule has 2 atom stereocenters. The number of hydrogen-bond acceptors (Lipinski definition) is 2. The third-order valence-corrected chi connectivity index (χ3v) is 2.83. The Kier molecular flexibility index (Phi) is 2.90. The SMILES string of the molecule is CC1CN(C(C)C)CC1CN. The predicted molar refractivity (Wildman–Crippen MR) is 48.4 cm³/mol. The van der Waals surface area contributed by atoms with Gasteiger partial charge in [-0.1, -0.05) is 6.92 Å². The van der Waals surface area contributed by atoms with Crippen molar-refractivity contribution in [1.82, 2.24) is 4.90 Å². The molecule has 2 heteroatoms. The molecule has 2 nitrogen and oxygen atoms in total. The van der Waals surface area contributed by atoms with Gasteiger partial charge in [0.2, 0.25) is 0 Å². The van der Waals surface area contributed by atoms with Crippen molar-refractivity contribution in [3.63, 3.8) is 0 Å². The summed E-state index contributed by atoms with van der Waals surface area (Å²) in [6.45, 7) is 10.1. The van der Waals surface area contributed by atoms with Crippen LogP contribution >= 0.6 is 0 Å². The van der Waals surface area contributed by atoms with Crippen LogP contribution in [0.2, 0.25) is 0 Å². The Balaban J connectivity index is 2.43. The summed E-state index contributed by atoms with van der Waals surface area (Å²) in [5.74, 6) is 1.53. The van der Waals surface area contributed by atoms with Crippen molar-refractivity contribution in [2.24, 2.45) is 17.6 Å². The second kappa shape index (κ2) is 3.55. The highest BCUT2D eigenvalue weighted by Gasteiger charge is 2.29. The van der Waals surface area contributed by atoms with Gasteiger partial charge < -0.3 is 10.6 Å². The average molecular weight is 156 g/mol. The van der Waals surface area contributed by atoms with Gasteiger partial charge in [0.05, 0.1) is 0 Å². The Morgan fingerprint density at radius 3 is 2.36 bits per heavy atom. The second-order valence-electron chi connectivity index (χ2n) is 4.02. The minimum Gasteiger partial charge on any atom is -0.330 e. The van der Waals surface area contributed by atoms with Gasteiger partial charge in [0.15, 0.2) is 0 Å². The first-order valence-electron chi connectivity index (χ1n) is 4.59. The lowest BCUT2D eigenvalue weighted by Gasteiger charge is -2.19. The maximum Gasteiger partial charge on any atom is 0.00388 e. The molecule has 2 N–H and O–H groups in total. The van der Waals surface area contributed by atoms with E-state index in [2.05, 4.69) is 25.7 Å². The van der Waals surface area contributed by atoms with Crippen molar-refractivity contribution < 1.29 is 0 Å². The van der Waals surface area contributed by atoms with Gasteiger partial charge in [-0.15, -0.1) is 0 Å². The van der Waals surface area contributed by atoms with Crippen molar-refractivity contribution in [1.29, 1.82) is 0 Å². The number of nitrogens with two attached hydrogens (primary N) is 1. The minimum atomic E-state index is 0.689. The molecular weight excluding hydrogens is 136 g/mol. The number of nitrogens with zero attached hydrogens (tertiary/aromatic N) is 1. The lowest BCUT2D eigenvalue weighted by atomic mass is 9.99. The van der Waals surface area contributed by atoms with Crippen LogP contribution in [0.1, 0.15) is 20.8 Å². The van der Waals surface area contributed by atoms with E-state index >= 15 is 0 Å². The molecule has 11 heavy (non-hydrogen) atoms. The van der Waals surface area contributed by atoms with E-state index in [0.717, 1.165) is 18.4 Å². The Morgan fingerprint density at radius 1 is 1.45 bits per heavy atom. The molecule has 1 aliphatic heterocycles. The fourth-order valence-electron chi connectivity index (χ4n) is 1.80. The molecule has 0 radical (unpaired) electrons. The molecule has 66 valence electrons. The van der Waals surface area contributed by atoms with E-state index in [0.29, 0.717) is 6.04 Å². The fourth-order valence-corrected chi connectivity index (χ4v) is 1.80. The predicted octanol–water partition coefficient (Wildman–Crippen LogP) is 0.921. The molecule has 0 bridgehead atoms. The van der Waals surface area contributed by atoms with Gasteiger partial charge in [-0.05, 0) is 32.2 Å². The molecule has 0 amide bonds. The van der Waals surface area contributed by atoms with Crippen LogP contribution in [0.4, 0.5) is 0 Å². The molecule has 1 saturated heterocycles. The highest BCUT2D eigenvalue weighted by molar-refractivity contribution is 4.83. The highest BCUT2D eigenvalue weighted by atomic mass is 15.2. The lowest BCUT2D eigenvalue weighted by molar-refractivity contribution is 0.263. The zero-order valence-corrected chi connectivity index (χ0v) is 7.88. The molecule has 1 fully saturated rings. The van der Waals surface area contributed by atoms with Gasteiger partial charge in [-0.3, -0.25) is 0 Å². The van der Waals surface area contributed by atoms with Crippen LogP contribution in [0.25, 0.3) is 0 Å². The number of rotatable bonds is 2. The lowest BCUT2D eigenvalue weighted by Crippen LogP contribution is -2.29. The van der Waals surface area contributed by atoms with Crippen LogP contribution in [0.5, 0.6) is 0 Å². The summed E-state index contributed by atoms with van der Waals surface area (Å²) in [5, 5.41) is 0. The monoisotopic (exact) mass is 156 g/mol. The van der Waals surface area contributed by atoms with Gasteiger partial charge in [0, 0.05) is 19.1 Å². The van der Waals surface area contributed by atoms with E-state index < -0.39 is 0 Å². The summed E-state index contributed by atoms with van der Waals surface area (Å²) >= 11 is 0. The molecule has 2 unspecified atom stereocenters. The van der Waals surface area contributed by atoms with E-state index in [9.17, 15) is 0 Å². The van der Waals surface area contributed by atoms with Crippen molar-refractivity contribution in [2.45, 2.75) is 26.8 Å². The summed E-state index contributed by atoms with van der Waals surface area (Å²) < 4.78 is 0. The molecule has 1 rings (SSSR count). The zero-order chi connectivity index (χ0) is 8.43. The first kappa shape index (κ1) is 9.01. The normalized spacial score (nSPS) is 33.5. The molecule has 0 aromatic carbocycles. The van der Waals surface area contributed by atoms with E-state index in [1.54, 1.807) is 0 Å². The van der Waals surface area contributed by atoms with Gasteiger partial charge in [-0.25, -0.2) is 0 Å². The van der Waals surface area contributed by atoms with E-state index in [-0.39, 0.29) is 0 Å². The van der Waals surface area contributed by atoms with Crippen LogP contribution in [0, 0.1) is 11.8 Å². The molecule has 0 aliphatic carbocycles. The van der Waals surface area contributed by atoms with Crippen LogP contribution in [-0.2, 0) is 0 Å². The zero-order valence-electron chi connectivity index (χ0n) is 7.88. The maximum atomic E-state index is 5.66. The fraction of sp³-hybridized carbons (Fsp3) is 1.00. The van der Waals surface area contributed by atoms with Gasteiger partial charge in [0.25, 0.3) is 0 Å². The van der Waals surface area contributed by atoms with Crippen LogP contribution in [0.15, 0.2) is 0 Å². The summed E-state index contributed by atoms with van der Waals surface area (Å²) in [6.07, 6.45) is 0. The highest BCUT2D eigenvalue weighted by Crippen LogP contribution is 2.23. The van der Waals surface area contributed by atoms with Crippen LogP contribution < -0.4 is 5.73 Å². The van der Waals surface area contributed by atoms with Crippen molar-refractivity contribution in [3.05, 3.63) is 0 Å². The molecule has 1 aliphatic rings. The standard InChI is InChI=1S/C9H20N2/c1-7(2)11-5-8(3)9(4-10)6-11/h7-9H,4-6,10H2,1-3H3. The summed E-state index contributed by atoms with van der Waals surface area (Å²) in [7, 11) is 0. The van der Waals surface area contributed by atoms with Crippen LogP contribution in [-0.4, -0.2) is 30.6 Å². The van der Waals surface area contributed by atoms with E-state index in [1.165, 1.54) is 13.1 Å². The molecule has 0 aromatic rings. The third kappa shape index (κ3) is 1.94. The van der Waals surface area contributed by atoms with Crippen molar-refractivity contribution in [3.8, 4) is 0 Å². The average Bonchev–Trinajstić information content (AvgIpc) is 2.31. The Labute approximate surface area is 69.8 Å². The Morgan fingerprint density at radius 2 is 2.09 bits per heavy atom. The molecule has 0 saturated carbocycles. The Hall–Kier alpha value is -0.0800. The van der Waals surface area contributed by atoms with Gasteiger partial charge in [-0.2, -0.15) is 0 Å². The Bertz CT molecular complexity index is 123. The molecule has 0 aromatic heterocycles. The summed E-state index contributed by atoms with van der Waals surface area (Å²) in [6, 6.07) is 0.689. The van der Waals surface area contributed by atoms with E-state index in [1.807, 2.05) is 0 Å². The molecule has 0 spiro atoms. The topological polar surface area (TPSA) is 29.3 Å². The van der Waals surface area contributed by atoms with Gasteiger partial charge in [0.1, 0.15) is 0 Å². The largest absolute Gasteiger partial charge is 0.330 e. The smallest absolute Gasteiger partial charge is 0.00388 e. The van der Waals surface area contributed by atoms with Gasteiger partial charge >= 0.3 is 0 Å². The second-order valence-corrected chi connectivity index (χ2v) is 4.02. The number of hydrogen-bond donors (Lipinski definition) is 1. The molecule has 1 heterocycles. The first-order valence-corrected chi connectivity index (χ1v) is 4.59. The van der Waals surface area contributed by atoms with E-state index in [4.69, 9.17) is 5.73 Å². The maximum absolute atomic E-state index is 5.66. The summed E-state index contributed by atoms with van der Waals surface area (Å²) in [4.78, 5) is 2.52. The number of likely N-dealkylation sites (tertiary alicyclic amines) is 1. The molecular formula is C9H20N2. The van der Waals surface area contributed by atoms with Crippen molar-refractivity contribution >= 4 is 0 Å². The quantitative estimate of drug-likeness (QED) is 0.644. The van der Waals surface area contributed by atoms with Crippen molar-refractivity contribution in [2.75, 3.05) is 19.6 Å².